The summed E-state index contributed by atoms with van der Waals surface area (Å²) in [6.45, 7) is 4.05. The second kappa shape index (κ2) is 4.72. The zero-order valence-corrected chi connectivity index (χ0v) is 10.5. The van der Waals surface area contributed by atoms with Crippen LogP contribution in [0.1, 0.15) is 34.6 Å². The van der Waals surface area contributed by atoms with Crippen molar-refractivity contribution >= 4 is 16.8 Å². The lowest BCUT2D eigenvalue weighted by atomic mass is 10.1. The standard InChI is InChI=1S/C13H13ClN2O/c1-9-4-3-5-11(6-9)10(2)16-8-15-7-12(16)13(14)17/h3-8,10H,1-2H3. The SMILES string of the molecule is Cc1cccc(C(C)n2cncc2C(=O)Cl)c1. The lowest BCUT2D eigenvalue weighted by Gasteiger charge is -2.16. The molecule has 0 amide bonds. The second-order valence-electron chi connectivity index (χ2n) is 4.05. The van der Waals surface area contributed by atoms with E-state index in [1.54, 1.807) is 10.9 Å². The molecule has 88 valence electrons. The highest BCUT2D eigenvalue weighted by Crippen LogP contribution is 2.21. The Hall–Kier alpha value is -1.61. The van der Waals surface area contributed by atoms with E-state index in [0.29, 0.717) is 5.69 Å². The van der Waals surface area contributed by atoms with Crippen LogP contribution in [0.4, 0.5) is 0 Å². The lowest BCUT2D eigenvalue weighted by molar-refractivity contribution is 0.107. The van der Waals surface area contributed by atoms with Gasteiger partial charge in [-0.3, -0.25) is 4.79 Å². The smallest absolute Gasteiger partial charge is 0.270 e. The summed E-state index contributed by atoms with van der Waals surface area (Å²) in [4.78, 5) is 15.2. The summed E-state index contributed by atoms with van der Waals surface area (Å²) in [6, 6.07) is 8.20. The van der Waals surface area contributed by atoms with Gasteiger partial charge in [0.05, 0.1) is 18.6 Å². The Morgan fingerprint density at radius 1 is 1.47 bits per heavy atom. The Labute approximate surface area is 105 Å². The third-order valence-corrected chi connectivity index (χ3v) is 3.00. The molecule has 1 atom stereocenters. The third kappa shape index (κ3) is 2.39. The molecule has 0 spiro atoms. The van der Waals surface area contributed by atoms with E-state index in [1.165, 1.54) is 11.8 Å². The number of benzene rings is 1. The van der Waals surface area contributed by atoms with Crippen molar-refractivity contribution in [2.45, 2.75) is 19.9 Å². The molecule has 0 aliphatic heterocycles. The molecule has 0 saturated carbocycles. The van der Waals surface area contributed by atoms with E-state index in [2.05, 4.69) is 11.1 Å². The Morgan fingerprint density at radius 3 is 2.88 bits per heavy atom. The summed E-state index contributed by atoms with van der Waals surface area (Å²) in [7, 11) is 0. The van der Waals surface area contributed by atoms with Crippen LogP contribution < -0.4 is 0 Å². The molecule has 0 saturated heterocycles. The van der Waals surface area contributed by atoms with Gasteiger partial charge in [-0.25, -0.2) is 4.98 Å². The number of aromatic nitrogens is 2. The van der Waals surface area contributed by atoms with E-state index in [-0.39, 0.29) is 6.04 Å². The number of halogens is 1. The monoisotopic (exact) mass is 248 g/mol. The van der Waals surface area contributed by atoms with Crippen molar-refractivity contribution in [2.24, 2.45) is 0 Å². The Kier molecular flexibility index (Phi) is 3.29. The fourth-order valence-corrected chi connectivity index (χ4v) is 2.00. The van der Waals surface area contributed by atoms with Crippen LogP contribution in [0.15, 0.2) is 36.8 Å². The number of nitrogens with zero attached hydrogens (tertiary/aromatic N) is 2. The van der Waals surface area contributed by atoms with Gasteiger partial charge >= 0.3 is 0 Å². The van der Waals surface area contributed by atoms with Gasteiger partial charge < -0.3 is 4.57 Å². The quantitative estimate of drug-likeness (QED) is 0.782. The van der Waals surface area contributed by atoms with Crippen LogP contribution in [0.3, 0.4) is 0 Å². The van der Waals surface area contributed by atoms with Crippen molar-refractivity contribution < 1.29 is 4.79 Å². The molecule has 17 heavy (non-hydrogen) atoms. The molecule has 2 rings (SSSR count). The van der Waals surface area contributed by atoms with Crippen LogP contribution in [0.5, 0.6) is 0 Å². The molecule has 3 nitrogen and oxygen atoms in total. The maximum absolute atomic E-state index is 11.2. The third-order valence-electron chi connectivity index (χ3n) is 2.81. The molecule has 0 aliphatic carbocycles. The molecule has 1 unspecified atom stereocenters. The Balaban J connectivity index is 2.40. The maximum atomic E-state index is 11.2. The first-order valence-corrected chi connectivity index (χ1v) is 5.75. The van der Waals surface area contributed by atoms with Crippen LogP contribution in [0.2, 0.25) is 0 Å². The van der Waals surface area contributed by atoms with Crippen LogP contribution in [-0.2, 0) is 0 Å². The topological polar surface area (TPSA) is 34.9 Å². The van der Waals surface area contributed by atoms with Gasteiger partial charge in [-0.15, -0.1) is 0 Å². The van der Waals surface area contributed by atoms with Gasteiger partial charge in [-0.2, -0.15) is 0 Å². The highest BCUT2D eigenvalue weighted by atomic mass is 35.5. The van der Waals surface area contributed by atoms with Crippen LogP contribution >= 0.6 is 11.6 Å². The normalized spacial score (nSPS) is 12.4. The molecule has 0 radical (unpaired) electrons. The highest BCUT2D eigenvalue weighted by molar-refractivity contribution is 6.67. The molecule has 0 aliphatic rings. The van der Waals surface area contributed by atoms with Crippen LogP contribution in [0.25, 0.3) is 0 Å². The van der Waals surface area contributed by atoms with E-state index in [4.69, 9.17) is 11.6 Å². The average molecular weight is 249 g/mol. The zero-order valence-electron chi connectivity index (χ0n) is 9.72. The second-order valence-corrected chi connectivity index (χ2v) is 4.39. The average Bonchev–Trinajstić information content (AvgIpc) is 2.77. The summed E-state index contributed by atoms with van der Waals surface area (Å²) >= 11 is 5.51. The summed E-state index contributed by atoms with van der Waals surface area (Å²) in [5.41, 5.74) is 2.73. The molecular weight excluding hydrogens is 236 g/mol. The Bertz CT molecular complexity index is 548. The number of carbonyl (C=O) groups is 1. The van der Waals surface area contributed by atoms with Crippen LogP contribution in [0, 0.1) is 6.92 Å². The molecular formula is C13H13ClN2O. The minimum Gasteiger partial charge on any atom is -0.320 e. The molecule has 0 bridgehead atoms. The molecule has 1 aromatic carbocycles. The van der Waals surface area contributed by atoms with Gasteiger partial charge in [0, 0.05) is 0 Å². The summed E-state index contributed by atoms with van der Waals surface area (Å²) in [6.07, 6.45) is 3.12. The van der Waals surface area contributed by atoms with Crippen molar-refractivity contribution in [3.8, 4) is 0 Å². The van der Waals surface area contributed by atoms with Gasteiger partial charge in [0.15, 0.2) is 0 Å². The van der Waals surface area contributed by atoms with E-state index in [0.717, 1.165) is 5.56 Å². The minimum atomic E-state index is -0.484. The molecule has 0 fully saturated rings. The first kappa shape index (κ1) is 11.9. The fourth-order valence-electron chi connectivity index (χ4n) is 1.86. The summed E-state index contributed by atoms with van der Waals surface area (Å²) < 4.78 is 1.78. The number of rotatable bonds is 3. The first-order chi connectivity index (χ1) is 8.09. The largest absolute Gasteiger partial charge is 0.320 e. The predicted molar refractivity (Wildman–Crippen MR) is 67.4 cm³/mol. The van der Waals surface area contributed by atoms with E-state index < -0.39 is 5.24 Å². The van der Waals surface area contributed by atoms with Gasteiger partial charge in [0.2, 0.25) is 0 Å². The molecule has 4 heteroatoms. The van der Waals surface area contributed by atoms with Crippen molar-refractivity contribution in [3.63, 3.8) is 0 Å². The maximum Gasteiger partial charge on any atom is 0.270 e. The number of hydrogen-bond acceptors (Lipinski definition) is 2. The lowest BCUT2D eigenvalue weighted by Crippen LogP contribution is -2.10. The van der Waals surface area contributed by atoms with Crippen molar-refractivity contribution in [1.82, 2.24) is 9.55 Å². The molecule has 1 aromatic heterocycles. The minimum absolute atomic E-state index is 0.0371. The predicted octanol–water partition coefficient (Wildman–Crippen LogP) is 3.18. The molecule has 0 N–H and O–H groups in total. The van der Waals surface area contributed by atoms with E-state index in [1.807, 2.05) is 32.0 Å². The van der Waals surface area contributed by atoms with Crippen molar-refractivity contribution in [3.05, 3.63) is 53.6 Å². The fraction of sp³-hybridized carbons (Fsp3) is 0.231. The van der Waals surface area contributed by atoms with E-state index in [9.17, 15) is 4.79 Å². The van der Waals surface area contributed by atoms with Gasteiger partial charge in [-0.1, -0.05) is 29.8 Å². The van der Waals surface area contributed by atoms with Crippen molar-refractivity contribution in [2.75, 3.05) is 0 Å². The molecule has 2 aromatic rings. The van der Waals surface area contributed by atoms with Crippen molar-refractivity contribution in [1.29, 1.82) is 0 Å². The Morgan fingerprint density at radius 2 is 2.24 bits per heavy atom. The number of aryl methyl sites for hydroxylation is 1. The molecule has 1 heterocycles. The highest BCUT2D eigenvalue weighted by Gasteiger charge is 2.15. The number of hydrogen-bond donors (Lipinski definition) is 0. The zero-order chi connectivity index (χ0) is 12.4. The van der Waals surface area contributed by atoms with E-state index >= 15 is 0 Å². The van der Waals surface area contributed by atoms with Gasteiger partial charge in [0.25, 0.3) is 5.24 Å². The van der Waals surface area contributed by atoms with Gasteiger partial charge in [0.1, 0.15) is 5.69 Å². The summed E-state index contributed by atoms with van der Waals surface area (Å²) in [5, 5.41) is -0.484. The summed E-state index contributed by atoms with van der Waals surface area (Å²) in [5.74, 6) is 0. The number of carbonyl (C=O) groups excluding carboxylic acids is 1. The number of imidazole rings is 1. The van der Waals surface area contributed by atoms with Gasteiger partial charge in [-0.05, 0) is 31.0 Å². The first-order valence-electron chi connectivity index (χ1n) is 5.38. The van der Waals surface area contributed by atoms with Crippen LogP contribution in [-0.4, -0.2) is 14.8 Å².